The fraction of sp³-hybridized carbons (Fsp3) is 0.333. The van der Waals surface area contributed by atoms with Crippen LogP contribution in [0, 0.1) is 13.8 Å². The van der Waals surface area contributed by atoms with Crippen LogP contribution in [0.25, 0.3) is 0 Å². The number of fused-ring (bicyclic) bond motifs is 1. The lowest BCUT2D eigenvalue weighted by Gasteiger charge is -2.05. The zero-order valence-corrected chi connectivity index (χ0v) is 7.96. The number of pyridine rings is 1. The maximum absolute atomic E-state index is 5.09. The first-order valence-electron chi connectivity index (χ1n) is 3.93. The summed E-state index contributed by atoms with van der Waals surface area (Å²) in [6, 6.07) is 0. The molecular formula is C9H10N2S. The van der Waals surface area contributed by atoms with E-state index in [9.17, 15) is 0 Å². The number of nitrogens with one attached hydrogen (secondary N) is 1. The minimum Gasteiger partial charge on any atom is -0.349 e. The first kappa shape index (κ1) is 7.68. The number of aromatic nitrogens is 1. The van der Waals surface area contributed by atoms with E-state index in [4.69, 9.17) is 12.2 Å². The molecule has 0 bridgehead atoms. The van der Waals surface area contributed by atoms with Gasteiger partial charge in [0.1, 0.15) is 0 Å². The third-order valence-corrected chi connectivity index (χ3v) is 2.51. The van der Waals surface area contributed by atoms with Crippen molar-refractivity contribution >= 4 is 22.9 Å². The molecule has 1 aliphatic rings. The quantitative estimate of drug-likeness (QED) is 0.615. The van der Waals surface area contributed by atoms with Gasteiger partial charge in [-0.1, -0.05) is 12.2 Å². The van der Waals surface area contributed by atoms with Gasteiger partial charge in [0.25, 0.3) is 0 Å². The molecule has 0 aliphatic carbocycles. The summed E-state index contributed by atoms with van der Waals surface area (Å²) in [5.74, 6) is 0. The van der Waals surface area contributed by atoms with Crippen LogP contribution < -0.4 is 5.32 Å². The van der Waals surface area contributed by atoms with Gasteiger partial charge in [-0.3, -0.25) is 4.98 Å². The summed E-state index contributed by atoms with van der Waals surface area (Å²) >= 11 is 5.09. The summed E-state index contributed by atoms with van der Waals surface area (Å²) in [6.07, 6.45) is 2.75. The summed E-state index contributed by atoms with van der Waals surface area (Å²) in [6.45, 7) is 4.08. The molecule has 3 heteroatoms. The lowest BCUT2D eigenvalue weighted by molar-refractivity contribution is 1.13. The molecule has 1 aromatic heterocycles. The SMILES string of the molecule is Cc1ncc2c(c1C)NC(=S)C2. The van der Waals surface area contributed by atoms with E-state index in [1.807, 2.05) is 13.1 Å². The fourth-order valence-corrected chi connectivity index (χ4v) is 1.68. The van der Waals surface area contributed by atoms with Gasteiger partial charge < -0.3 is 5.32 Å². The molecule has 2 nitrogen and oxygen atoms in total. The molecule has 0 atom stereocenters. The largest absolute Gasteiger partial charge is 0.349 e. The van der Waals surface area contributed by atoms with Gasteiger partial charge in [-0.25, -0.2) is 0 Å². The topological polar surface area (TPSA) is 24.9 Å². The summed E-state index contributed by atoms with van der Waals surface area (Å²) in [5, 5.41) is 3.20. The van der Waals surface area contributed by atoms with E-state index in [1.54, 1.807) is 0 Å². The summed E-state index contributed by atoms with van der Waals surface area (Å²) in [4.78, 5) is 5.19. The van der Waals surface area contributed by atoms with Crippen LogP contribution in [0.2, 0.25) is 0 Å². The standard InChI is InChI=1S/C9H10N2S/c1-5-6(2)10-4-7-3-8(12)11-9(5)7/h4H,3H2,1-2H3,(H,11,12). The zero-order chi connectivity index (χ0) is 8.72. The predicted molar refractivity (Wildman–Crippen MR) is 53.6 cm³/mol. The lowest BCUT2D eigenvalue weighted by atomic mass is 10.1. The first-order valence-corrected chi connectivity index (χ1v) is 4.34. The molecule has 0 radical (unpaired) electrons. The first-order chi connectivity index (χ1) is 5.68. The van der Waals surface area contributed by atoms with Crippen LogP contribution in [0.4, 0.5) is 5.69 Å². The summed E-state index contributed by atoms with van der Waals surface area (Å²) < 4.78 is 0. The highest BCUT2D eigenvalue weighted by molar-refractivity contribution is 7.80. The molecule has 0 amide bonds. The van der Waals surface area contributed by atoms with Gasteiger partial charge in [-0.15, -0.1) is 0 Å². The Morgan fingerprint density at radius 1 is 1.50 bits per heavy atom. The molecule has 1 aliphatic heterocycles. The number of anilines is 1. The Labute approximate surface area is 77.0 Å². The Morgan fingerprint density at radius 2 is 2.25 bits per heavy atom. The molecule has 0 saturated carbocycles. The molecular weight excluding hydrogens is 168 g/mol. The van der Waals surface area contributed by atoms with E-state index in [1.165, 1.54) is 16.8 Å². The lowest BCUT2D eigenvalue weighted by Crippen LogP contribution is -2.01. The third kappa shape index (κ3) is 1.01. The van der Waals surface area contributed by atoms with Crippen molar-refractivity contribution in [3.8, 4) is 0 Å². The Bertz CT molecular complexity index is 358. The smallest absolute Gasteiger partial charge is 0.0843 e. The van der Waals surface area contributed by atoms with E-state index in [0.717, 1.165) is 17.1 Å². The second-order valence-corrected chi connectivity index (χ2v) is 3.59. The average Bonchev–Trinajstić information content (AvgIpc) is 2.39. The molecule has 0 fully saturated rings. The van der Waals surface area contributed by atoms with E-state index < -0.39 is 0 Å². The second kappa shape index (κ2) is 2.52. The van der Waals surface area contributed by atoms with Crippen molar-refractivity contribution in [1.29, 1.82) is 0 Å². The molecule has 1 N–H and O–H groups in total. The normalized spacial score (nSPS) is 14.3. The van der Waals surface area contributed by atoms with Crippen LogP contribution >= 0.6 is 12.2 Å². The van der Waals surface area contributed by atoms with E-state index >= 15 is 0 Å². The molecule has 0 aromatic carbocycles. The maximum atomic E-state index is 5.09. The van der Waals surface area contributed by atoms with E-state index in [2.05, 4.69) is 17.2 Å². The van der Waals surface area contributed by atoms with Crippen molar-refractivity contribution in [3.05, 3.63) is 23.0 Å². The Kier molecular flexibility index (Phi) is 1.61. The summed E-state index contributed by atoms with van der Waals surface area (Å²) in [7, 11) is 0. The van der Waals surface area contributed by atoms with Gasteiger partial charge in [0.2, 0.25) is 0 Å². The molecule has 0 saturated heterocycles. The zero-order valence-electron chi connectivity index (χ0n) is 7.14. The minimum absolute atomic E-state index is 0.846. The number of hydrogen-bond acceptors (Lipinski definition) is 2. The van der Waals surface area contributed by atoms with Gasteiger partial charge in [0.05, 0.1) is 4.99 Å². The Balaban J connectivity index is 2.61. The molecule has 2 heterocycles. The third-order valence-electron chi connectivity index (χ3n) is 2.27. The summed E-state index contributed by atoms with van der Waals surface area (Å²) in [5.41, 5.74) is 4.69. The maximum Gasteiger partial charge on any atom is 0.0843 e. The second-order valence-electron chi connectivity index (χ2n) is 3.09. The van der Waals surface area contributed by atoms with Gasteiger partial charge in [-0.05, 0) is 19.4 Å². The molecule has 1 aromatic rings. The number of hydrogen-bond donors (Lipinski definition) is 1. The van der Waals surface area contributed by atoms with Crippen molar-refractivity contribution in [2.24, 2.45) is 0 Å². The highest BCUT2D eigenvalue weighted by atomic mass is 32.1. The highest BCUT2D eigenvalue weighted by Gasteiger charge is 2.17. The number of nitrogens with zero attached hydrogens (tertiary/aromatic N) is 1. The van der Waals surface area contributed by atoms with E-state index in [0.29, 0.717) is 0 Å². The van der Waals surface area contributed by atoms with Crippen molar-refractivity contribution < 1.29 is 0 Å². The fourth-order valence-electron chi connectivity index (χ4n) is 1.42. The predicted octanol–water partition coefficient (Wildman–Crippen LogP) is 1.99. The van der Waals surface area contributed by atoms with Crippen LogP contribution in [0.15, 0.2) is 6.20 Å². The van der Waals surface area contributed by atoms with Crippen molar-refractivity contribution in [3.63, 3.8) is 0 Å². The van der Waals surface area contributed by atoms with Gasteiger partial charge in [0.15, 0.2) is 0 Å². The van der Waals surface area contributed by atoms with Crippen molar-refractivity contribution in [2.45, 2.75) is 20.3 Å². The number of aryl methyl sites for hydroxylation is 1. The molecule has 2 rings (SSSR count). The average molecular weight is 178 g/mol. The van der Waals surface area contributed by atoms with E-state index in [-0.39, 0.29) is 0 Å². The van der Waals surface area contributed by atoms with Crippen LogP contribution in [-0.4, -0.2) is 9.97 Å². The van der Waals surface area contributed by atoms with Crippen molar-refractivity contribution in [2.75, 3.05) is 5.32 Å². The van der Waals surface area contributed by atoms with Crippen LogP contribution in [0.5, 0.6) is 0 Å². The van der Waals surface area contributed by atoms with Crippen LogP contribution in [-0.2, 0) is 6.42 Å². The molecule has 12 heavy (non-hydrogen) atoms. The van der Waals surface area contributed by atoms with Gasteiger partial charge in [0, 0.05) is 29.6 Å². The Morgan fingerprint density at radius 3 is 3.00 bits per heavy atom. The minimum atomic E-state index is 0.846. The molecule has 0 spiro atoms. The van der Waals surface area contributed by atoms with Crippen LogP contribution in [0.1, 0.15) is 16.8 Å². The number of thiocarbonyl (C=S) groups is 1. The highest BCUT2D eigenvalue weighted by Crippen LogP contribution is 2.27. The Hall–Kier alpha value is -0.960. The van der Waals surface area contributed by atoms with Gasteiger partial charge in [-0.2, -0.15) is 0 Å². The van der Waals surface area contributed by atoms with Gasteiger partial charge >= 0.3 is 0 Å². The molecule has 62 valence electrons. The van der Waals surface area contributed by atoms with Crippen LogP contribution in [0.3, 0.4) is 0 Å². The molecule has 0 unspecified atom stereocenters. The number of rotatable bonds is 0. The monoisotopic (exact) mass is 178 g/mol. The van der Waals surface area contributed by atoms with Crippen molar-refractivity contribution in [1.82, 2.24) is 4.98 Å².